The maximum Gasteiger partial charge on any atom is 0.264 e. The molecule has 0 spiro atoms. The lowest BCUT2D eigenvalue weighted by Gasteiger charge is -2.25. The quantitative estimate of drug-likeness (QED) is 0.253. The van der Waals surface area contributed by atoms with Crippen molar-refractivity contribution in [3.8, 4) is 0 Å². The second-order valence-electron chi connectivity index (χ2n) is 10.2. The largest absolute Gasteiger partial charge is 0.325 e. The summed E-state index contributed by atoms with van der Waals surface area (Å²) in [5, 5.41) is 2.69. The molecule has 41 heavy (non-hydrogen) atoms. The lowest BCUT2D eigenvalue weighted by Crippen LogP contribution is -2.38. The highest BCUT2D eigenvalue weighted by Gasteiger charge is 2.28. The third kappa shape index (κ3) is 7.14. The summed E-state index contributed by atoms with van der Waals surface area (Å²) < 4.78 is 56.9. The van der Waals surface area contributed by atoms with E-state index in [1.807, 2.05) is 52.8 Å². The number of benzene rings is 4. The summed E-state index contributed by atoms with van der Waals surface area (Å²) in [7, 11) is -7.93. The van der Waals surface area contributed by atoms with Gasteiger partial charge in [-0.2, -0.15) is 0 Å². The third-order valence-corrected chi connectivity index (χ3v) is 9.65. The van der Waals surface area contributed by atoms with Crippen molar-refractivity contribution in [2.45, 2.75) is 44.4 Å². The Labute approximate surface area is 242 Å². The molecule has 0 unspecified atom stereocenters. The van der Waals surface area contributed by atoms with Crippen molar-refractivity contribution in [3.05, 3.63) is 113 Å². The highest BCUT2D eigenvalue weighted by molar-refractivity contribution is 7.93. The van der Waals surface area contributed by atoms with Crippen LogP contribution < -0.4 is 14.3 Å². The van der Waals surface area contributed by atoms with E-state index in [4.69, 9.17) is 0 Å². The van der Waals surface area contributed by atoms with E-state index in [9.17, 15) is 21.6 Å². The van der Waals surface area contributed by atoms with Gasteiger partial charge in [0.1, 0.15) is 6.54 Å². The normalized spacial score (nSPS) is 11.6. The topological polar surface area (TPSA) is 113 Å². The van der Waals surface area contributed by atoms with Crippen LogP contribution in [0.2, 0.25) is 0 Å². The lowest BCUT2D eigenvalue weighted by molar-refractivity contribution is -0.114. The second kappa shape index (κ2) is 11.8. The number of anilines is 3. The van der Waals surface area contributed by atoms with Crippen LogP contribution in [-0.2, 0) is 24.8 Å². The van der Waals surface area contributed by atoms with Crippen LogP contribution in [0.25, 0.3) is 0 Å². The molecule has 0 radical (unpaired) electrons. The highest BCUT2D eigenvalue weighted by atomic mass is 32.2. The first-order chi connectivity index (χ1) is 19.2. The van der Waals surface area contributed by atoms with Crippen LogP contribution in [-0.4, -0.2) is 29.3 Å². The summed E-state index contributed by atoms with van der Waals surface area (Å²) in [6, 6.07) is 23.0. The number of hydrogen-bond acceptors (Lipinski definition) is 5. The van der Waals surface area contributed by atoms with Crippen LogP contribution in [0.4, 0.5) is 17.1 Å². The van der Waals surface area contributed by atoms with Crippen LogP contribution in [0.3, 0.4) is 0 Å². The molecule has 0 saturated heterocycles. The monoisotopic (exact) mass is 591 g/mol. The Morgan fingerprint density at radius 3 is 1.83 bits per heavy atom. The molecule has 0 atom stereocenters. The third-order valence-electron chi connectivity index (χ3n) is 6.48. The van der Waals surface area contributed by atoms with Crippen molar-refractivity contribution in [1.29, 1.82) is 0 Å². The maximum atomic E-state index is 13.7. The number of nitrogens with one attached hydrogen (secondary N) is 2. The van der Waals surface area contributed by atoms with E-state index in [1.54, 1.807) is 30.3 Å². The number of sulfonamides is 2. The zero-order chi connectivity index (χ0) is 29.9. The molecule has 0 aromatic heterocycles. The Morgan fingerprint density at radius 1 is 0.659 bits per heavy atom. The fraction of sp³-hybridized carbons (Fsp3) is 0.194. The van der Waals surface area contributed by atoms with Gasteiger partial charge in [0.15, 0.2) is 0 Å². The summed E-state index contributed by atoms with van der Waals surface area (Å²) in [6.07, 6.45) is 0. The molecule has 4 aromatic carbocycles. The van der Waals surface area contributed by atoms with E-state index in [1.165, 1.54) is 36.4 Å². The first-order valence-corrected chi connectivity index (χ1v) is 15.8. The van der Waals surface area contributed by atoms with Gasteiger partial charge in [0.05, 0.1) is 21.2 Å². The summed E-state index contributed by atoms with van der Waals surface area (Å²) in [4.78, 5) is 13.2. The molecule has 4 rings (SSSR count). The molecule has 0 saturated carbocycles. The van der Waals surface area contributed by atoms with Crippen molar-refractivity contribution in [2.75, 3.05) is 20.9 Å². The van der Waals surface area contributed by atoms with Crippen molar-refractivity contribution >= 4 is 43.0 Å². The number of hydrogen-bond donors (Lipinski definition) is 2. The van der Waals surface area contributed by atoms with Crippen LogP contribution in [0, 0.1) is 34.6 Å². The average Bonchev–Trinajstić information content (AvgIpc) is 2.89. The molecule has 0 heterocycles. The van der Waals surface area contributed by atoms with Crippen LogP contribution in [0.5, 0.6) is 0 Å². The molecule has 0 aliphatic carbocycles. The van der Waals surface area contributed by atoms with Crippen molar-refractivity contribution in [3.63, 3.8) is 0 Å². The van der Waals surface area contributed by atoms with Crippen molar-refractivity contribution in [1.82, 2.24) is 0 Å². The molecule has 1 amide bonds. The van der Waals surface area contributed by atoms with E-state index in [-0.39, 0.29) is 9.79 Å². The summed E-state index contributed by atoms with van der Waals surface area (Å²) in [5.74, 6) is -0.580. The fourth-order valence-corrected chi connectivity index (χ4v) is 6.87. The number of amides is 1. The smallest absolute Gasteiger partial charge is 0.264 e. The molecule has 0 bridgehead atoms. The van der Waals surface area contributed by atoms with Gasteiger partial charge >= 0.3 is 0 Å². The van der Waals surface area contributed by atoms with Crippen LogP contribution in [0.15, 0.2) is 94.7 Å². The van der Waals surface area contributed by atoms with Gasteiger partial charge in [-0.25, -0.2) is 16.8 Å². The zero-order valence-corrected chi connectivity index (χ0v) is 25.2. The summed E-state index contributed by atoms with van der Waals surface area (Å²) >= 11 is 0. The molecule has 0 aliphatic heterocycles. The maximum absolute atomic E-state index is 13.7. The lowest BCUT2D eigenvalue weighted by atomic mass is 10.1. The number of aryl methyl sites for hydroxylation is 5. The molecule has 4 aromatic rings. The van der Waals surface area contributed by atoms with Crippen molar-refractivity contribution < 1.29 is 21.6 Å². The average molecular weight is 592 g/mol. The van der Waals surface area contributed by atoms with Gasteiger partial charge in [0, 0.05) is 5.69 Å². The number of carbonyl (C=O) groups is 1. The second-order valence-corrected chi connectivity index (χ2v) is 13.7. The predicted molar refractivity (Wildman–Crippen MR) is 163 cm³/mol. The van der Waals surface area contributed by atoms with E-state index in [0.29, 0.717) is 17.1 Å². The van der Waals surface area contributed by atoms with E-state index >= 15 is 0 Å². The molecule has 214 valence electrons. The standard InChI is InChI=1S/C31H33N3O5S2/c1-21-7-12-29(13-8-21)41(38,39)34(27-17-23(3)16-24(4)18-27)20-31(35)32-26-10-14-28(15-11-26)40(36,37)33-30-19-22(2)6-9-25(30)5/h6-19,33H,20H2,1-5H3,(H,32,35). The van der Waals surface area contributed by atoms with Gasteiger partial charge in [-0.15, -0.1) is 0 Å². The Bertz CT molecular complexity index is 1780. The van der Waals surface area contributed by atoms with Gasteiger partial charge in [-0.1, -0.05) is 35.9 Å². The molecule has 0 aliphatic rings. The molecular formula is C31H33N3O5S2. The molecule has 10 heteroatoms. The molecular weight excluding hydrogens is 558 g/mol. The van der Waals surface area contributed by atoms with Gasteiger partial charge in [-0.05, 0) is 111 Å². The molecule has 8 nitrogen and oxygen atoms in total. The van der Waals surface area contributed by atoms with Crippen molar-refractivity contribution in [2.24, 2.45) is 0 Å². The van der Waals surface area contributed by atoms with E-state index in [0.717, 1.165) is 32.1 Å². The number of carbonyl (C=O) groups excluding carboxylic acids is 1. The first kappa shape index (κ1) is 29.8. The summed E-state index contributed by atoms with van der Waals surface area (Å²) in [5.41, 5.74) is 5.53. The van der Waals surface area contributed by atoms with Crippen LogP contribution in [0.1, 0.15) is 27.8 Å². The number of nitrogens with zero attached hydrogens (tertiary/aromatic N) is 1. The highest BCUT2D eigenvalue weighted by Crippen LogP contribution is 2.27. The molecule has 0 fully saturated rings. The first-order valence-electron chi connectivity index (χ1n) is 12.9. The van der Waals surface area contributed by atoms with Crippen LogP contribution >= 0.6 is 0 Å². The SMILES string of the molecule is Cc1ccc(S(=O)(=O)N(CC(=O)Nc2ccc(S(=O)(=O)Nc3cc(C)ccc3C)cc2)c2cc(C)cc(C)c2)cc1. The fourth-order valence-electron chi connectivity index (χ4n) is 4.35. The van der Waals surface area contributed by atoms with E-state index < -0.39 is 32.5 Å². The van der Waals surface area contributed by atoms with Gasteiger partial charge < -0.3 is 5.32 Å². The van der Waals surface area contributed by atoms with Gasteiger partial charge in [0.25, 0.3) is 20.0 Å². The Morgan fingerprint density at radius 2 is 1.22 bits per heavy atom. The Balaban J connectivity index is 1.56. The predicted octanol–water partition coefficient (Wildman–Crippen LogP) is 5.86. The van der Waals surface area contributed by atoms with Gasteiger partial charge in [0.2, 0.25) is 5.91 Å². The molecule has 2 N–H and O–H groups in total. The number of rotatable bonds is 9. The Kier molecular flexibility index (Phi) is 8.55. The minimum absolute atomic E-state index is 0.0233. The van der Waals surface area contributed by atoms with Gasteiger partial charge in [-0.3, -0.25) is 13.8 Å². The Hall–Kier alpha value is -4.15. The minimum Gasteiger partial charge on any atom is -0.325 e. The zero-order valence-electron chi connectivity index (χ0n) is 23.6. The summed E-state index contributed by atoms with van der Waals surface area (Å²) in [6.45, 7) is 8.79. The van der Waals surface area contributed by atoms with E-state index in [2.05, 4.69) is 10.0 Å². The minimum atomic E-state index is -4.07.